The maximum absolute atomic E-state index is 11.2. The summed E-state index contributed by atoms with van der Waals surface area (Å²) < 4.78 is 2.95. The van der Waals surface area contributed by atoms with Gasteiger partial charge in [-0.1, -0.05) is 6.07 Å². The molecule has 2 aromatic heterocycles. The molecule has 2 heterocycles. The molecule has 0 fully saturated rings. The SMILES string of the molecule is O=C(O)c1cccc2c1ccn2Cc1cncc(Br)c1. The number of carbonyl (C=O) groups is 1. The Hall–Kier alpha value is -2.14. The largest absolute Gasteiger partial charge is 0.478 e. The molecule has 0 amide bonds. The molecule has 100 valence electrons. The van der Waals surface area contributed by atoms with Gasteiger partial charge in [0, 0.05) is 40.5 Å². The minimum absolute atomic E-state index is 0.327. The van der Waals surface area contributed by atoms with Crippen molar-refractivity contribution in [1.82, 2.24) is 9.55 Å². The molecule has 3 rings (SSSR count). The number of carboxylic acid groups (broad SMARTS) is 1. The second-order valence-electron chi connectivity index (χ2n) is 4.50. The van der Waals surface area contributed by atoms with E-state index in [-0.39, 0.29) is 0 Å². The highest BCUT2D eigenvalue weighted by Crippen LogP contribution is 2.21. The highest BCUT2D eigenvalue weighted by atomic mass is 79.9. The smallest absolute Gasteiger partial charge is 0.336 e. The fourth-order valence-electron chi connectivity index (χ4n) is 2.29. The summed E-state index contributed by atoms with van der Waals surface area (Å²) in [6, 6.07) is 9.15. The zero-order valence-corrected chi connectivity index (χ0v) is 12.0. The van der Waals surface area contributed by atoms with Crippen LogP contribution in [0.5, 0.6) is 0 Å². The molecule has 0 saturated heterocycles. The fraction of sp³-hybridized carbons (Fsp3) is 0.0667. The number of aromatic carboxylic acids is 1. The van der Waals surface area contributed by atoms with Gasteiger partial charge in [0.2, 0.25) is 0 Å². The Labute approximate surface area is 123 Å². The Bertz CT molecular complexity index is 795. The molecule has 20 heavy (non-hydrogen) atoms. The lowest BCUT2D eigenvalue weighted by molar-refractivity contribution is 0.0699. The Balaban J connectivity index is 2.05. The molecule has 0 aliphatic heterocycles. The average molecular weight is 331 g/mol. The monoisotopic (exact) mass is 330 g/mol. The number of nitrogens with zero attached hydrogens (tertiary/aromatic N) is 2. The lowest BCUT2D eigenvalue weighted by Gasteiger charge is -2.06. The zero-order valence-electron chi connectivity index (χ0n) is 10.5. The Morgan fingerprint density at radius 1 is 1.30 bits per heavy atom. The molecule has 0 atom stereocenters. The van der Waals surface area contributed by atoms with Gasteiger partial charge in [-0.15, -0.1) is 0 Å². The van der Waals surface area contributed by atoms with Crippen molar-refractivity contribution in [2.75, 3.05) is 0 Å². The number of fused-ring (bicyclic) bond motifs is 1. The van der Waals surface area contributed by atoms with Gasteiger partial charge < -0.3 is 9.67 Å². The summed E-state index contributed by atoms with van der Waals surface area (Å²) in [5.41, 5.74) is 2.29. The van der Waals surface area contributed by atoms with Crippen molar-refractivity contribution < 1.29 is 9.90 Å². The van der Waals surface area contributed by atoms with E-state index in [1.54, 1.807) is 24.5 Å². The van der Waals surface area contributed by atoms with Crippen LogP contribution in [0.15, 0.2) is 53.4 Å². The second-order valence-corrected chi connectivity index (χ2v) is 5.41. The highest BCUT2D eigenvalue weighted by molar-refractivity contribution is 9.10. The van der Waals surface area contributed by atoms with E-state index in [1.165, 1.54) is 0 Å². The van der Waals surface area contributed by atoms with Crippen LogP contribution in [0.1, 0.15) is 15.9 Å². The predicted octanol–water partition coefficient (Wildman–Crippen LogP) is 3.55. The van der Waals surface area contributed by atoms with E-state index < -0.39 is 5.97 Å². The van der Waals surface area contributed by atoms with Crippen molar-refractivity contribution in [3.63, 3.8) is 0 Å². The van der Waals surface area contributed by atoms with Crippen LogP contribution in [0.25, 0.3) is 10.9 Å². The van der Waals surface area contributed by atoms with Crippen LogP contribution in [-0.4, -0.2) is 20.6 Å². The molecular formula is C15H11BrN2O2. The number of carboxylic acids is 1. The molecule has 1 N–H and O–H groups in total. The molecule has 0 aliphatic carbocycles. The molecule has 0 spiro atoms. The number of hydrogen-bond donors (Lipinski definition) is 1. The second kappa shape index (κ2) is 5.09. The summed E-state index contributed by atoms with van der Waals surface area (Å²) in [6.45, 7) is 0.652. The van der Waals surface area contributed by atoms with Crippen molar-refractivity contribution >= 4 is 32.8 Å². The quantitative estimate of drug-likeness (QED) is 0.799. The lowest BCUT2D eigenvalue weighted by atomic mass is 10.1. The van der Waals surface area contributed by atoms with E-state index in [9.17, 15) is 9.90 Å². The van der Waals surface area contributed by atoms with Crippen LogP contribution in [0, 0.1) is 0 Å². The molecule has 0 unspecified atom stereocenters. The van der Waals surface area contributed by atoms with Gasteiger partial charge in [0.05, 0.1) is 5.56 Å². The predicted molar refractivity (Wildman–Crippen MR) is 79.9 cm³/mol. The number of aromatic nitrogens is 2. The normalized spacial score (nSPS) is 10.8. The van der Waals surface area contributed by atoms with Crippen molar-refractivity contribution in [2.45, 2.75) is 6.54 Å². The third-order valence-electron chi connectivity index (χ3n) is 3.16. The van der Waals surface area contributed by atoms with Gasteiger partial charge in [0.15, 0.2) is 0 Å². The fourth-order valence-corrected chi connectivity index (χ4v) is 2.70. The van der Waals surface area contributed by atoms with E-state index in [2.05, 4.69) is 20.9 Å². The molecule has 5 heteroatoms. The first-order valence-corrected chi connectivity index (χ1v) is 6.85. The Kier molecular flexibility index (Phi) is 3.28. The Morgan fingerprint density at radius 3 is 2.90 bits per heavy atom. The van der Waals surface area contributed by atoms with Gasteiger partial charge in [-0.2, -0.15) is 0 Å². The minimum Gasteiger partial charge on any atom is -0.478 e. The molecule has 0 radical (unpaired) electrons. The van der Waals surface area contributed by atoms with Gasteiger partial charge >= 0.3 is 5.97 Å². The first-order valence-electron chi connectivity index (χ1n) is 6.06. The van der Waals surface area contributed by atoms with E-state index in [4.69, 9.17) is 0 Å². The summed E-state index contributed by atoms with van der Waals surface area (Å²) in [6.07, 6.45) is 5.44. The van der Waals surface area contributed by atoms with Crippen LogP contribution < -0.4 is 0 Å². The first kappa shape index (κ1) is 12.9. The molecule has 4 nitrogen and oxygen atoms in total. The maximum Gasteiger partial charge on any atom is 0.336 e. The summed E-state index contributed by atoms with van der Waals surface area (Å²) in [5.74, 6) is -0.905. The van der Waals surface area contributed by atoms with Crippen LogP contribution in [0.3, 0.4) is 0 Å². The van der Waals surface area contributed by atoms with Crippen LogP contribution >= 0.6 is 15.9 Å². The number of halogens is 1. The van der Waals surface area contributed by atoms with Gasteiger partial charge in [0.1, 0.15) is 0 Å². The van der Waals surface area contributed by atoms with E-state index in [1.807, 2.05) is 29.0 Å². The number of hydrogen-bond acceptors (Lipinski definition) is 2. The van der Waals surface area contributed by atoms with Crippen LogP contribution in [0.4, 0.5) is 0 Å². The highest BCUT2D eigenvalue weighted by Gasteiger charge is 2.10. The molecule has 1 aromatic carbocycles. The van der Waals surface area contributed by atoms with Gasteiger partial charge in [-0.3, -0.25) is 4.98 Å². The van der Waals surface area contributed by atoms with Crippen molar-refractivity contribution in [3.8, 4) is 0 Å². The Morgan fingerprint density at radius 2 is 2.15 bits per heavy atom. The summed E-state index contributed by atoms with van der Waals surface area (Å²) in [7, 11) is 0. The number of pyridine rings is 1. The molecule has 0 saturated carbocycles. The molecule has 3 aromatic rings. The third kappa shape index (κ3) is 2.32. The summed E-state index contributed by atoms with van der Waals surface area (Å²) in [4.78, 5) is 15.3. The first-order chi connectivity index (χ1) is 9.65. The molecular weight excluding hydrogens is 320 g/mol. The van der Waals surface area contributed by atoms with Gasteiger partial charge in [-0.05, 0) is 45.8 Å². The maximum atomic E-state index is 11.2. The van der Waals surface area contributed by atoms with Gasteiger partial charge in [0.25, 0.3) is 0 Å². The van der Waals surface area contributed by atoms with E-state index in [0.717, 1.165) is 20.9 Å². The van der Waals surface area contributed by atoms with Crippen LogP contribution in [0.2, 0.25) is 0 Å². The average Bonchev–Trinajstić information content (AvgIpc) is 2.82. The number of benzene rings is 1. The van der Waals surface area contributed by atoms with Crippen molar-refractivity contribution in [3.05, 3.63) is 64.5 Å². The number of rotatable bonds is 3. The van der Waals surface area contributed by atoms with Gasteiger partial charge in [-0.25, -0.2) is 4.79 Å². The van der Waals surface area contributed by atoms with E-state index in [0.29, 0.717) is 12.1 Å². The molecule has 0 bridgehead atoms. The molecule has 0 aliphatic rings. The zero-order chi connectivity index (χ0) is 14.1. The van der Waals surface area contributed by atoms with Crippen molar-refractivity contribution in [1.29, 1.82) is 0 Å². The van der Waals surface area contributed by atoms with Crippen molar-refractivity contribution in [2.24, 2.45) is 0 Å². The lowest BCUT2D eigenvalue weighted by Crippen LogP contribution is -2.00. The summed E-state index contributed by atoms with van der Waals surface area (Å²) in [5, 5.41) is 9.95. The topological polar surface area (TPSA) is 55.1 Å². The minimum atomic E-state index is -0.905. The standard InChI is InChI=1S/C15H11BrN2O2/c16-11-6-10(7-17-8-11)9-18-5-4-12-13(15(19)20)2-1-3-14(12)18/h1-8H,9H2,(H,19,20). The summed E-state index contributed by atoms with van der Waals surface area (Å²) >= 11 is 3.40. The van der Waals surface area contributed by atoms with E-state index >= 15 is 0 Å². The third-order valence-corrected chi connectivity index (χ3v) is 3.59. The van der Waals surface area contributed by atoms with Crippen LogP contribution in [-0.2, 0) is 6.54 Å².